The third-order valence-electron chi connectivity index (χ3n) is 7.58. The van der Waals surface area contributed by atoms with Crippen LogP contribution in [0.1, 0.15) is 31.2 Å². The van der Waals surface area contributed by atoms with E-state index >= 15 is 4.39 Å². The molecule has 0 spiro atoms. The Morgan fingerprint density at radius 3 is 2.61 bits per heavy atom. The van der Waals surface area contributed by atoms with E-state index in [9.17, 15) is 9.18 Å². The van der Waals surface area contributed by atoms with Crippen molar-refractivity contribution in [2.45, 2.75) is 25.7 Å². The lowest BCUT2D eigenvalue weighted by molar-refractivity contribution is -0.114. The van der Waals surface area contributed by atoms with E-state index in [1.807, 2.05) is 6.20 Å². The molecule has 2 aliphatic rings. The number of nitrogens with one attached hydrogen (secondary N) is 2. The van der Waals surface area contributed by atoms with Gasteiger partial charge < -0.3 is 15.4 Å². The smallest absolute Gasteiger partial charge is 0.255 e. The maximum absolute atomic E-state index is 15.2. The predicted octanol–water partition coefficient (Wildman–Crippen LogP) is 5.38. The van der Waals surface area contributed by atoms with Crippen LogP contribution < -0.4 is 20.5 Å². The Labute approximate surface area is 235 Å². The Hall–Kier alpha value is -4.48. The van der Waals surface area contributed by atoms with Crippen LogP contribution in [0.5, 0.6) is 11.5 Å². The summed E-state index contributed by atoms with van der Waals surface area (Å²) in [5, 5.41) is 13.7. The number of anilines is 2. The minimum atomic E-state index is -0.613. The van der Waals surface area contributed by atoms with Crippen LogP contribution in [0, 0.1) is 11.6 Å². The van der Waals surface area contributed by atoms with E-state index in [0.717, 1.165) is 37.0 Å². The lowest BCUT2D eigenvalue weighted by Gasteiger charge is -2.38. The van der Waals surface area contributed by atoms with Gasteiger partial charge >= 0.3 is 0 Å². The van der Waals surface area contributed by atoms with Crippen molar-refractivity contribution in [1.82, 2.24) is 19.9 Å². The van der Waals surface area contributed by atoms with Gasteiger partial charge in [0.25, 0.3) is 5.91 Å². The number of carbonyl (C=O) groups is 1. The summed E-state index contributed by atoms with van der Waals surface area (Å²) in [6.45, 7) is 3.66. The van der Waals surface area contributed by atoms with E-state index in [1.165, 1.54) is 29.4 Å². The zero-order valence-electron chi connectivity index (χ0n) is 22.7. The third-order valence-corrected chi connectivity index (χ3v) is 7.58. The average molecular weight is 561 g/mol. The molecular formula is C30H30F2N6O3. The van der Waals surface area contributed by atoms with Crippen molar-refractivity contribution in [3.05, 3.63) is 95.5 Å². The Morgan fingerprint density at radius 2 is 1.85 bits per heavy atom. The molecule has 0 atom stereocenters. The highest BCUT2D eigenvalue weighted by Gasteiger charge is 2.27. The topological polar surface area (TPSA) is 83.4 Å². The zero-order valence-corrected chi connectivity index (χ0v) is 22.7. The summed E-state index contributed by atoms with van der Waals surface area (Å²) >= 11 is 0. The monoisotopic (exact) mass is 560 g/mol. The molecule has 41 heavy (non-hydrogen) atoms. The Morgan fingerprint density at radius 1 is 1.07 bits per heavy atom. The van der Waals surface area contributed by atoms with Gasteiger partial charge in [-0.25, -0.2) is 18.1 Å². The fourth-order valence-corrected chi connectivity index (χ4v) is 5.27. The van der Waals surface area contributed by atoms with E-state index < -0.39 is 11.7 Å². The maximum atomic E-state index is 15.2. The standard InChI is InChI=1S/C30H30F2N6O3/c1-19-25(18-40-38(36(19)2)23-6-3-21(31)4-7-23)30(39)35-22-5-8-27(26(32)17-22)41-28-11-15-34-37-16-12-24(29(28)37)20-9-13-33-14-10-20/h3-8,11-12,15-17,20,33H,9-10,13-14,18H2,1-2H3,(H,35,39). The first-order chi connectivity index (χ1) is 19.9. The summed E-state index contributed by atoms with van der Waals surface area (Å²) in [4.78, 5) is 18.9. The highest BCUT2D eigenvalue weighted by molar-refractivity contribution is 6.04. The Balaban J connectivity index is 1.18. The van der Waals surface area contributed by atoms with Crippen LogP contribution in [0.25, 0.3) is 5.52 Å². The number of allylic oxidation sites excluding steroid dienone is 1. The summed E-state index contributed by atoms with van der Waals surface area (Å²) in [5.74, 6) is -0.457. The van der Waals surface area contributed by atoms with E-state index in [4.69, 9.17) is 9.57 Å². The van der Waals surface area contributed by atoms with Crippen LogP contribution in [0.4, 0.5) is 20.2 Å². The summed E-state index contributed by atoms with van der Waals surface area (Å²) in [5.41, 5.74) is 3.87. The van der Waals surface area contributed by atoms with Gasteiger partial charge in [0.05, 0.1) is 17.5 Å². The number of amides is 1. The normalized spacial score (nSPS) is 16.4. The molecule has 4 heterocycles. The number of ether oxygens (including phenoxy) is 1. The summed E-state index contributed by atoms with van der Waals surface area (Å²) in [7, 11) is 1.73. The van der Waals surface area contributed by atoms with Crippen LogP contribution in [-0.4, -0.2) is 47.3 Å². The van der Waals surface area contributed by atoms with Gasteiger partial charge in [0.15, 0.2) is 17.3 Å². The zero-order chi connectivity index (χ0) is 28.5. The minimum absolute atomic E-state index is 0.0161. The second-order valence-electron chi connectivity index (χ2n) is 10.1. The lowest BCUT2D eigenvalue weighted by Crippen LogP contribution is -2.45. The van der Waals surface area contributed by atoms with Gasteiger partial charge in [-0.3, -0.25) is 9.80 Å². The van der Waals surface area contributed by atoms with Crippen LogP contribution >= 0.6 is 0 Å². The van der Waals surface area contributed by atoms with Crippen molar-refractivity contribution in [3.63, 3.8) is 0 Å². The number of hydrogen-bond acceptors (Lipinski definition) is 7. The molecule has 0 radical (unpaired) electrons. The number of hydrazine groups is 1. The van der Waals surface area contributed by atoms with E-state index in [1.54, 1.807) is 54.0 Å². The third kappa shape index (κ3) is 5.33. The number of rotatable bonds is 6. The van der Waals surface area contributed by atoms with Gasteiger partial charge in [0, 0.05) is 36.8 Å². The first-order valence-electron chi connectivity index (χ1n) is 13.5. The molecule has 4 aromatic rings. The van der Waals surface area contributed by atoms with Gasteiger partial charge in [-0.05, 0) is 86.8 Å². The molecule has 2 aromatic heterocycles. The van der Waals surface area contributed by atoms with E-state index in [-0.39, 0.29) is 23.9 Å². The minimum Gasteiger partial charge on any atom is -0.452 e. The molecule has 2 aliphatic heterocycles. The number of piperidine rings is 1. The molecule has 0 unspecified atom stereocenters. The van der Waals surface area contributed by atoms with Crippen LogP contribution in [0.15, 0.2) is 78.3 Å². The Kier molecular flexibility index (Phi) is 7.29. The quantitative estimate of drug-likeness (QED) is 0.328. The summed E-state index contributed by atoms with van der Waals surface area (Å²) in [6, 6.07) is 13.9. The van der Waals surface area contributed by atoms with Crippen LogP contribution in [-0.2, 0) is 9.63 Å². The number of hydrogen-bond donors (Lipinski definition) is 2. The molecule has 0 aliphatic carbocycles. The molecule has 1 saturated heterocycles. The first kappa shape index (κ1) is 26.7. The molecule has 2 aromatic carbocycles. The fraction of sp³-hybridized carbons (Fsp3) is 0.267. The number of benzene rings is 2. The number of fused-ring (bicyclic) bond motifs is 1. The molecule has 1 amide bonds. The van der Waals surface area contributed by atoms with Crippen molar-refractivity contribution in [2.75, 3.05) is 37.2 Å². The molecule has 11 heteroatoms. The largest absolute Gasteiger partial charge is 0.452 e. The number of carbonyl (C=O) groups excluding carboxylic acids is 1. The average Bonchev–Trinajstić information content (AvgIpc) is 3.42. The molecule has 1 fully saturated rings. The van der Waals surface area contributed by atoms with Crippen molar-refractivity contribution in [2.24, 2.45) is 0 Å². The van der Waals surface area contributed by atoms with Crippen molar-refractivity contribution >= 4 is 22.8 Å². The maximum Gasteiger partial charge on any atom is 0.255 e. The number of aromatic nitrogens is 2. The lowest BCUT2D eigenvalue weighted by atomic mass is 9.91. The van der Waals surface area contributed by atoms with Gasteiger partial charge in [0.2, 0.25) is 0 Å². The number of halogens is 2. The second kappa shape index (κ2) is 11.2. The SMILES string of the molecule is CC1=C(C(=O)Nc2ccc(Oc3ccnn4ccc(C5CCNCC5)c34)c(F)c2)CON(c2ccc(F)cc2)N1C. The molecule has 9 nitrogen and oxygen atoms in total. The molecule has 0 bridgehead atoms. The van der Waals surface area contributed by atoms with Crippen molar-refractivity contribution in [1.29, 1.82) is 0 Å². The van der Waals surface area contributed by atoms with Crippen molar-refractivity contribution in [3.8, 4) is 11.5 Å². The highest BCUT2D eigenvalue weighted by atomic mass is 19.1. The van der Waals surface area contributed by atoms with Crippen LogP contribution in [0.2, 0.25) is 0 Å². The van der Waals surface area contributed by atoms with Gasteiger partial charge in [-0.2, -0.15) is 10.3 Å². The fourth-order valence-electron chi connectivity index (χ4n) is 5.27. The van der Waals surface area contributed by atoms with Gasteiger partial charge in [-0.1, -0.05) is 0 Å². The predicted molar refractivity (Wildman–Crippen MR) is 150 cm³/mol. The molecule has 212 valence electrons. The Bertz CT molecular complexity index is 1610. The van der Waals surface area contributed by atoms with Gasteiger partial charge in [0.1, 0.15) is 17.9 Å². The van der Waals surface area contributed by atoms with Crippen molar-refractivity contribution < 1.29 is 23.1 Å². The summed E-state index contributed by atoms with van der Waals surface area (Å²) < 4.78 is 36.4. The van der Waals surface area contributed by atoms with Crippen LogP contribution in [0.3, 0.4) is 0 Å². The first-order valence-corrected chi connectivity index (χ1v) is 13.5. The van der Waals surface area contributed by atoms with E-state index in [0.29, 0.717) is 28.6 Å². The van der Waals surface area contributed by atoms with Gasteiger partial charge in [-0.15, -0.1) is 0 Å². The number of nitrogens with zero attached hydrogens (tertiary/aromatic N) is 4. The molecule has 6 rings (SSSR count). The molecular weight excluding hydrogens is 530 g/mol. The summed E-state index contributed by atoms with van der Waals surface area (Å²) in [6.07, 6.45) is 5.55. The van der Waals surface area contributed by atoms with E-state index in [2.05, 4.69) is 21.8 Å². The highest BCUT2D eigenvalue weighted by Crippen LogP contribution is 2.36. The molecule has 2 N–H and O–H groups in total. The second-order valence-corrected chi connectivity index (χ2v) is 10.1. The molecule has 0 saturated carbocycles.